The first-order chi connectivity index (χ1) is 11.1. The van der Waals surface area contributed by atoms with Crippen molar-refractivity contribution in [3.8, 4) is 11.1 Å². The van der Waals surface area contributed by atoms with Crippen molar-refractivity contribution in [2.45, 2.75) is 6.54 Å². The molecule has 114 valence electrons. The first-order valence-electron chi connectivity index (χ1n) is 7.10. The van der Waals surface area contributed by atoms with Crippen molar-refractivity contribution >= 4 is 44.8 Å². The van der Waals surface area contributed by atoms with Crippen LogP contribution in [0, 0.1) is 0 Å². The Morgan fingerprint density at radius 3 is 2.65 bits per heavy atom. The predicted octanol–water partition coefficient (Wildman–Crippen LogP) is 6.10. The lowest BCUT2D eigenvalue weighted by atomic mass is 9.94. The van der Waals surface area contributed by atoms with Crippen molar-refractivity contribution in [2.75, 3.05) is 0 Å². The molecule has 0 radical (unpaired) electrons. The second-order valence-electron chi connectivity index (χ2n) is 5.35. The first-order valence-corrected chi connectivity index (χ1v) is 8.65. The highest BCUT2D eigenvalue weighted by Gasteiger charge is 2.23. The maximum Gasteiger partial charge on any atom is 0.0745 e. The topological polar surface area (TPSA) is 28.1 Å². The highest BCUT2D eigenvalue weighted by molar-refractivity contribution is 9.10. The molecule has 2 aromatic carbocycles. The number of benzene rings is 2. The smallest absolute Gasteiger partial charge is 0.0745 e. The summed E-state index contributed by atoms with van der Waals surface area (Å²) < 4.78 is 0.947. The van der Waals surface area contributed by atoms with Crippen LogP contribution in [0.15, 0.2) is 58.3 Å². The fourth-order valence-corrected chi connectivity index (χ4v) is 4.18. The molecular weight excluding hydrogens is 395 g/mol. The van der Waals surface area contributed by atoms with Gasteiger partial charge in [0.2, 0.25) is 0 Å². The number of aromatic nitrogens is 1. The largest absolute Gasteiger partial charge is 0.367 e. The van der Waals surface area contributed by atoms with Crippen LogP contribution in [0.3, 0.4) is 0 Å². The van der Waals surface area contributed by atoms with E-state index in [0.29, 0.717) is 16.6 Å². The number of nitrogens with zero attached hydrogens (tertiary/aromatic N) is 1. The molecule has 0 atom stereocenters. The summed E-state index contributed by atoms with van der Waals surface area (Å²) in [7, 11) is 0. The fourth-order valence-electron chi connectivity index (χ4n) is 2.93. The zero-order chi connectivity index (χ0) is 16.0. The number of aromatic amines is 1. The van der Waals surface area contributed by atoms with E-state index in [4.69, 9.17) is 28.2 Å². The van der Waals surface area contributed by atoms with Crippen LogP contribution in [0.5, 0.6) is 0 Å². The molecule has 2 nitrogen and oxygen atoms in total. The van der Waals surface area contributed by atoms with E-state index in [-0.39, 0.29) is 0 Å². The molecule has 1 aromatic heterocycles. The van der Waals surface area contributed by atoms with Crippen LogP contribution in [0.2, 0.25) is 10.0 Å². The summed E-state index contributed by atoms with van der Waals surface area (Å²) in [6.45, 7) is 0.595. The van der Waals surface area contributed by atoms with Gasteiger partial charge < -0.3 is 4.98 Å². The predicted molar refractivity (Wildman–Crippen MR) is 99.7 cm³/mol. The number of hydrogen-bond acceptors (Lipinski definition) is 1. The second kappa shape index (κ2) is 5.82. The molecule has 5 heteroatoms. The number of aliphatic imine (C=N–C) groups is 1. The number of halogens is 3. The van der Waals surface area contributed by atoms with Gasteiger partial charge in [-0.2, -0.15) is 0 Å². The van der Waals surface area contributed by atoms with Crippen LogP contribution in [0.25, 0.3) is 11.1 Å². The minimum atomic E-state index is 0.595. The highest BCUT2D eigenvalue weighted by Crippen LogP contribution is 2.40. The van der Waals surface area contributed by atoms with Gasteiger partial charge in [-0.25, -0.2) is 0 Å². The van der Waals surface area contributed by atoms with E-state index >= 15 is 0 Å². The summed E-state index contributed by atoms with van der Waals surface area (Å²) in [5, 5.41) is 1.34. The van der Waals surface area contributed by atoms with Gasteiger partial charge in [-0.05, 0) is 23.8 Å². The van der Waals surface area contributed by atoms with Crippen molar-refractivity contribution in [1.82, 2.24) is 4.98 Å². The standard InChI is InChI=1S/C18H11BrCl2N2/c19-15-6-11(20)5-13-17(15)14-9-22-7-10(14)8-23-18(13)12-3-1-2-4-16(12)21/h1-7,9,22H,8H2. The van der Waals surface area contributed by atoms with Crippen LogP contribution in [0.4, 0.5) is 0 Å². The summed E-state index contributed by atoms with van der Waals surface area (Å²) in [4.78, 5) is 7.99. The zero-order valence-corrected chi connectivity index (χ0v) is 15.0. The molecule has 0 saturated heterocycles. The van der Waals surface area contributed by atoms with E-state index in [0.717, 1.165) is 38.0 Å². The average Bonchev–Trinajstić information content (AvgIpc) is 2.91. The minimum Gasteiger partial charge on any atom is -0.367 e. The monoisotopic (exact) mass is 404 g/mol. The van der Waals surface area contributed by atoms with Crippen LogP contribution >= 0.6 is 39.1 Å². The van der Waals surface area contributed by atoms with Crippen molar-refractivity contribution in [2.24, 2.45) is 4.99 Å². The molecule has 1 aliphatic rings. The lowest BCUT2D eigenvalue weighted by Crippen LogP contribution is -2.06. The number of fused-ring (bicyclic) bond motifs is 3. The molecule has 23 heavy (non-hydrogen) atoms. The Bertz CT molecular complexity index is 944. The summed E-state index contributed by atoms with van der Waals surface area (Å²) in [6, 6.07) is 11.6. The molecule has 1 N–H and O–H groups in total. The molecule has 0 unspecified atom stereocenters. The third-order valence-corrected chi connectivity index (χ3v) is 5.12. The third kappa shape index (κ3) is 2.53. The van der Waals surface area contributed by atoms with Crippen LogP contribution in [-0.4, -0.2) is 10.7 Å². The SMILES string of the molecule is Clc1cc(Br)c2c(c1)C(c1ccccc1Cl)=NCc1c[nH]cc1-2. The average molecular weight is 406 g/mol. The van der Waals surface area contributed by atoms with E-state index < -0.39 is 0 Å². The Balaban J connectivity index is 2.06. The van der Waals surface area contributed by atoms with E-state index in [9.17, 15) is 0 Å². The molecule has 0 fully saturated rings. The summed E-state index contributed by atoms with van der Waals surface area (Å²) in [5.74, 6) is 0. The molecule has 0 spiro atoms. The van der Waals surface area contributed by atoms with Crippen molar-refractivity contribution < 1.29 is 0 Å². The molecule has 1 aliphatic heterocycles. The number of rotatable bonds is 1. The van der Waals surface area contributed by atoms with E-state index in [1.807, 2.05) is 48.8 Å². The van der Waals surface area contributed by atoms with Gasteiger partial charge in [0.1, 0.15) is 0 Å². The fraction of sp³-hybridized carbons (Fsp3) is 0.0556. The molecule has 3 aromatic rings. The molecule has 0 amide bonds. The van der Waals surface area contributed by atoms with E-state index in [2.05, 4.69) is 20.9 Å². The van der Waals surface area contributed by atoms with Gasteiger partial charge in [-0.1, -0.05) is 57.3 Å². The summed E-state index contributed by atoms with van der Waals surface area (Å²) >= 11 is 16.4. The molecule has 0 aliphatic carbocycles. The van der Waals surface area contributed by atoms with Gasteiger partial charge in [0, 0.05) is 49.2 Å². The van der Waals surface area contributed by atoms with Crippen LogP contribution < -0.4 is 0 Å². The summed E-state index contributed by atoms with van der Waals surface area (Å²) in [6.07, 6.45) is 3.98. The van der Waals surface area contributed by atoms with E-state index in [1.54, 1.807) is 0 Å². The quantitative estimate of drug-likeness (QED) is 0.506. The van der Waals surface area contributed by atoms with Gasteiger partial charge >= 0.3 is 0 Å². The lowest BCUT2D eigenvalue weighted by Gasteiger charge is -2.14. The second-order valence-corrected chi connectivity index (χ2v) is 7.05. The van der Waals surface area contributed by atoms with Gasteiger partial charge in [-0.15, -0.1) is 0 Å². The van der Waals surface area contributed by atoms with Crippen LogP contribution in [-0.2, 0) is 6.54 Å². The molecule has 4 rings (SSSR count). The normalized spacial score (nSPS) is 13.1. The first kappa shape index (κ1) is 15.0. The Kier molecular flexibility index (Phi) is 3.80. The maximum atomic E-state index is 6.41. The molecule has 0 bridgehead atoms. The summed E-state index contributed by atoms with van der Waals surface area (Å²) in [5.41, 5.74) is 6.13. The third-order valence-electron chi connectivity index (χ3n) is 3.95. The van der Waals surface area contributed by atoms with Crippen molar-refractivity contribution in [3.63, 3.8) is 0 Å². The van der Waals surface area contributed by atoms with Gasteiger partial charge in [0.25, 0.3) is 0 Å². The highest BCUT2D eigenvalue weighted by atomic mass is 79.9. The molecule has 0 saturated carbocycles. The maximum absolute atomic E-state index is 6.41. The minimum absolute atomic E-state index is 0.595. The molecule has 2 heterocycles. The van der Waals surface area contributed by atoms with Gasteiger partial charge in [-0.3, -0.25) is 4.99 Å². The molecular formula is C18H11BrCl2N2. The van der Waals surface area contributed by atoms with Gasteiger partial charge in [0.05, 0.1) is 12.3 Å². The number of hydrogen-bond donors (Lipinski definition) is 1. The number of H-pyrrole nitrogens is 1. The zero-order valence-electron chi connectivity index (χ0n) is 11.9. The van der Waals surface area contributed by atoms with Crippen LogP contribution in [0.1, 0.15) is 16.7 Å². The Hall–Kier alpha value is -1.55. The van der Waals surface area contributed by atoms with Crippen molar-refractivity contribution in [1.29, 1.82) is 0 Å². The van der Waals surface area contributed by atoms with E-state index in [1.165, 1.54) is 0 Å². The van der Waals surface area contributed by atoms with Crippen molar-refractivity contribution in [3.05, 3.63) is 80.0 Å². The Morgan fingerprint density at radius 2 is 1.83 bits per heavy atom. The Labute approximate surface area is 152 Å². The number of nitrogens with one attached hydrogen (secondary N) is 1. The lowest BCUT2D eigenvalue weighted by molar-refractivity contribution is 1.08. The van der Waals surface area contributed by atoms with Gasteiger partial charge in [0.15, 0.2) is 0 Å². The Morgan fingerprint density at radius 1 is 1.00 bits per heavy atom.